The lowest BCUT2D eigenvalue weighted by Gasteiger charge is -2.36. The van der Waals surface area contributed by atoms with Crippen LogP contribution in [0.25, 0.3) is 0 Å². The van der Waals surface area contributed by atoms with E-state index in [1.165, 1.54) is 10.6 Å². The van der Waals surface area contributed by atoms with Gasteiger partial charge in [-0.25, -0.2) is 0 Å². The van der Waals surface area contributed by atoms with Crippen molar-refractivity contribution in [3.05, 3.63) is 60.7 Å². The van der Waals surface area contributed by atoms with Crippen LogP contribution in [-0.4, -0.2) is 5.16 Å². The summed E-state index contributed by atoms with van der Waals surface area (Å²) in [7, 11) is 0. The Morgan fingerprint density at radius 3 is 1.33 bits per heavy atom. The van der Waals surface area contributed by atoms with Crippen LogP contribution in [0.5, 0.6) is 0 Å². The normalized spacial score (nSPS) is 12.4. The van der Waals surface area contributed by atoms with E-state index in [1.807, 2.05) is 0 Å². The van der Waals surface area contributed by atoms with Gasteiger partial charge in [0, 0.05) is 6.04 Å². The quantitative estimate of drug-likeness (QED) is 0.748. The van der Waals surface area contributed by atoms with Gasteiger partial charge in [0.05, 0.1) is 0 Å². The van der Waals surface area contributed by atoms with E-state index in [9.17, 15) is 0 Å². The number of hydrogen-bond acceptors (Lipinski definition) is 1. The molecule has 0 unspecified atom stereocenters. The first kappa shape index (κ1) is 13.5. The van der Waals surface area contributed by atoms with Crippen molar-refractivity contribution in [1.82, 2.24) is 0 Å². The summed E-state index contributed by atoms with van der Waals surface area (Å²) in [5, 5.41) is 2.70. The first-order valence-corrected chi connectivity index (χ1v) is 8.98. The Hall–Kier alpha value is -0.910. The first-order chi connectivity index (χ1) is 8.46. The van der Waals surface area contributed by atoms with Gasteiger partial charge in [-0.15, -0.1) is 0 Å². The molecule has 2 rings (SSSR count). The summed E-state index contributed by atoms with van der Waals surface area (Å²) in [4.78, 5) is 0. The van der Waals surface area contributed by atoms with Crippen LogP contribution in [0.4, 0.5) is 0 Å². The maximum Gasteiger partial charge on any atom is 0.0156 e. The number of rotatable bonds is 2. The molecule has 2 aromatic carbocycles. The second kappa shape index (κ2) is 4.99. The minimum Gasteiger partial charge on any atom is -0.0871 e. The summed E-state index contributed by atoms with van der Waals surface area (Å²) in [6.07, 6.45) is 0. The fraction of sp³-hybridized carbons (Fsp3) is 0.250. The van der Waals surface area contributed by atoms with E-state index < -0.39 is 6.04 Å². The minimum absolute atomic E-state index is 0.0883. The Kier molecular flexibility index (Phi) is 3.75. The molecule has 0 nitrogen and oxygen atoms in total. The van der Waals surface area contributed by atoms with E-state index in [1.54, 1.807) is 0 Å². The Bertz CT molecular complexity index is 509. The molecule has 0 aliphatic carbocycles. The lowest BCUT2D eigenvalue weighted by molar-refractivity contribution is 0.792. The van der Waals surface area contributed by atoms with Gasteiger partial charge < -0.3 is 0 Å². The Labute approximate surface area is 115 Å². The van der Waals surface area contributed by atoms with E-state index >= 15 is 0 Å². The molecule has 0 aliphatic heterocycles. The molecular weight excluding hydrogens is 255 g/mol. The molecule has 0 aliphatic rings. The number of hydrogen-bond donors (Lipinski definition) is 0. The highest BCUT2D eigenvalue weighted by Crippen LogP contribution is 2.55. The van der Waals surface area contributed by atoms with Crippen LogP contribution in [0.1, 0.15) is 20.8 Å². The molecule has 2 heteroatoms. The maximum absolute atomic E-state index is 6.18. The molecule has 0 fully saturated rings. The molecule has 0 atom stereocenters. The van der Waals surface area contributed by atoms with E-state index in [2.05, 4.69) is 81.4 Å². The molecule has 0 bridgehead atoms. The van der Waals surface area contributed by atoms with Gasteiger partial charge in [-0.2, -0.15) is 0 Å². The van der Waals surface area contributed by atoms with E-state index in [0.29, 0.717) is 0 Å². The monoisotopic (exact) mass is 274 g/mol. The molecular formula is C16H19PS. The molecule has 0 aromatic heterocycles. The van der Waals surface area contributed by atoms with Crippen LogP contribution in [-0.2, 0) is 11.8 Å². The van der Waals surface area contributed by atoms with Crippen molar-refractivity contribution in [2.45, 2.75) is 25.9 Å². The third-order valence-electron chi connectivity index (χ3n) is 3.18. The van der Waals surface area contributed by atoms with E-state index in [4.69, 9.17) is 11.8 Å². The second-order valence-electron chi connectivity index (χ2n) is 5.45. The fourth-order valence-electron chi connectivity index (χ4n) is 2.20. The van der Waals surface area contributed by atoms with Crippen molar-refractivity contribution in [1.29, 1.82) is 0 Å². The standard InChI is InChI=1S/C16H19PS/c1-16(2,3)17(18,14-10-6-4-7-11-14)15-12-8-5-9-13-15/h4-13H,1-3H3. The lowest BCUT2D eigenvalue weighted by atomic mass is 10.3. The highest BCUT2D eigenvalue weighted by Gasteiger charge is 2.34. The van der Waals surface area contributed by atoms with Crippen LogP contribution in [0, 0.1) is 0 Å². The van der Waals surface area contributed by atoms with Gasteiger partial charge in [-0.1, -0.05) is 93.2 Å². The van der Waals surface area contributed by atoms with Crippen molar-refractivity contribution in [2.24, 2.45) is 0 Å². The van der Waals surface area contributed by atoms with E-state index in [0.717, 1.165) is 0 Å². The highest BCUT2D eigenvalue weighted by atomic mass is 32.4. The maximum atomic E-state index is 6.18. The first-order valence-electron chi connectivity index (χ1n) is 6.17. The summed E-state index contributed by atoms with van der Waals surface area (Å²) >= 11 is 6.18. The Morgan fingerprint density at radius 1 is 0.722 bits per heavy atom. The minimum atomic E-state index is -1.77. The average molecular weight is 274 g/mol. The average Bonchev–Trinajstić information content (AvgIpc) is 2.38. The van der Waals surface area contributed by atoms with Gasteiger partial charge >= 0.3 is 0 Å². The van der Waals surface area contributed by atoms with Gasteiger partial charge in [-0.05, 0) is 15.8 Å². The molecule has 0 N–H and O–H groups in total. The summed E-state index contributed by atoms with van der Waals surface area (Å²) in [5.41, 5.74) is 0. The Balaban J connectivity index is 2.68. The third-order valence-corrected chi connectivity index (χ3v) is 10.0. The van der Waals surface area contributed by atoms with Gasteiger partial charge in [0.25, 0.3) is 0 Å². The van der Waals surface area contributed by atoms with Crippen LogP contribution >= 0.6 is 6.04 Å². The van der Waals surface area contributed by atoms with Gasteiger partial charge in [-0.3, -0.25) is 0 Å². The zero-order chi connectivity index (χ0) is 13.2. The second-order valence-corrected chi connectivity index (χ2v) is 10.7. The molecule has 94 valence electrons. The predicted molar refractivity (Wildman–Crippen MR) is 86.2 cm³/mol. The molecule has 2 aromatic rings. The smallest absolute Gasteiger partial charge is 0.0156 e. The highest BCUT2D eigenvalue weighted by molar-refractivity contribution is 8.22. The lowest BCUT2D eigenvalue weighted by Crippen LogP contribution is -2.30. The molecule has 0 saturated heterocycles. The zero-order valence-corrected chi connectivity index (χ0v) is 12.8. The fourth-order valence-corrected chi connectivity index (χ4v) is 5.96. The van der Waals surface area contributed by atoms with Crippen LogP contribution in [0.2, 0.25) is 0 Å². The van der Waals surface area contributed by atoms with Crippen LogP contribution in [0.15, 0.2) is 60.7 Å². The van der Waals surface area contributed by atoms with Crippen molar-refractivity contribution >= 4 is 28.5 Å². The largest absolute Gasteiger partial charge is 0.0871 e. The van der Waals surface area contributed by atoms with Gasteiger partial charge in [0.2, 0.25) is 0 Å². The third kappa shape index (κ3) is 2.30. The molecule has 0 amide bonds. The molecule has 0 heterocycles. The summed E-state index contributed by atoms with van der Waals surface area (Å²) in [6, 6.07) is 19.4. The molecule has 0 saturated carbocycles. The van der Waals surface area contributed by atoms with Crippen molar-refractivity contribution < 1.29 is 0 Å². The summed E-state index contributed by atoms with van der Waals surface area (Å²) < 4.78 is 0. The Morgan fingerprint density at radius 2 is 1.06 bits per heavy atom. The predicted octanol–water partition coefficient (Wildman–Crippen LogP) is 3.92. The molecule has 0 spiro atoms. The van der Waals surface area contributed by atoms with Gasteiger partial charge in [0.15, 0.2) is 0 Å². The number of benzene rings is 2. The van der Waals surface area contributed by atoms with Crippen molar-refractivity contribution in [3.63, 3.8) is 0 Å². The SMILES string of the molecule is CC(C)(C)P(=S)(c1ccccc1)c1ccccc1. The van der Waals surface area contributed by atoms with Crippen LogP contribution < -0.4 is 10.6 Å². The summed E-state index contributed by atoms with van der Waals surface area (Å²) in [5.74, 6) is 0. The molecule has 18 heavy (non-hydrogen) atoms. The van der Waals surface area contributed by atoms with Crippen molar-refractivity contribution in [2.75, 3.05) is 0 Å². The summed E-state index contributed by atoms with van der Waals surface area (Å²) in [6.45, 7) is 6.77. The van der Waals surface area contributed by atoms with Crippen LogP contribution in [0.3, 0.4) is 0 Å². The zero-order valence-electron chi connectivity index (χ0n) is 11.1. The molecule has 0 radical (unpaired) electrons. The van der Waals surface area contributed by atoms with Gasteiger partial charge in [0.1, 0.15) is 0 Å². The van der Waals surface area contributed by atoms with E-state index in [-0.39, 0.29) is 5.16 Å². The topological polar surface area (TPSA) is 0 Å². The van der Waals surface area contributed by atoms with Crippen molar-refractivity contribution in [3.8, 4) is 0 Å².